The second kappa shape index (κ2) is 4.68. The molecule has 0 aromatic rings. The highest BCUT2D eigenvalue weighted by molar-refractivity contribution is 4.95. The predicted octanol–water partition coefficient (Wildman–Crippen LogP) is 3.83. The van der Waals surface area contributed by atoms with Crippen LogP contribution in [0.4, 0.5) is 0 Å². The number of nitrogens with zero attached hydrogens (tertiary/aromatic N) is 1. The van der Waals surface area contributed by atoms with Crippen molar-refractivity contribution in [2.24, 2.45) is 11.8 Å². The summed E-state index contributed by atoms with van der Waals surface area (Å²) in [6.07, 6.45) is 13.5. The van der Waals surface area contributed by atoms with Crippen LogP contribution in [0.3, 0.4) is 0 Å². The molecule has 2 atom stereocenters. The van der Waals surface area contributed by atoms with Crippen molar-refractivity contribution in [1.82, 2.24) is 4.90 Å². The third-order valence-corrected chi connectivity index (χ3v) is 5.32. The Morgan fingerprint density at radius 2 is 1.88 bits per heavy atom. The Morgan fingerprint density at radius 1 is 1.00 bits per heavy atom. The Bertz CT molecular complexity index is 232. The van der Waals surface area contributed by atoms with E-state index in [2.05, 4.69) is 11.8 Å². The molecule has 4 rings (SSSR count). The van der Waals surface area contributed by atoms with Crippen molar-refractivity contribution < 1.29 is 0 Å². The summed E-state index contributed by atoms with van der Waals surface area (Å²) in [6, 6.07) is 1.97. The minimum atomic E-state index is 0.969. The van der Waals surface area contributed by atoms with E-state index < -0.39 is 0 Å². The second-order valence-electron chi connectivity index (χ2n) is 6.50. The van der Waals surface area contributed by atoms with E-state index in [9.17, 15) is 0 Å². The fourth-order valence-electron chi connectivity index (χ4n) is 4.52. The van der Waals surface area contributed by atoms with Crippen LogP contribution in [0.5, 0.6) is 0 Å². The van der Waals surface area contributed by atoms with E-state index in [1.165, 1.54) is 57.9 Å². The monoisotopic (exact) mass is 221 g/mol. The first-order valence-corrected chi connectivity index (χ1v) is 7.62. The van der Waals surface area contributed by atoms with Crippen LogP contribution < -0.4 is 0 Å². The van der Waals surface area contributed by atoms with Crippen molar-refractivity contribution in [3.8, 4) is 0 Å². The first-order valence-electron chi connectivity index (χ1n) is 7.62. The fraction of sp³-hybridized carbons (Fsp3) is 1.00. The molecule has 16 heavy (non-hydrogen) atoms. The van der Waals surface area contributed by atoms with E-state index in [1.807, 2.05) is 0 Å². The zero-order valence-electron chi connectivity index (χ0n) is 10.8. The molecule has 2 unspecified atom stereocenters. The Morgan fingerprint density at radius 3 is 2.69 bits per heavy atom. The molecule has 3 aliphatic heterocycles. The van der Waals surface area contributed by atoms with Crippen molar-refractivity contribution in [2.75, 3.05) is 6.54 Å². The van der Waals surface area contributed by atoms with Gasteiger partial charge in [-0.3, -0.25) is 4.90 Å². The molecule has 3 heterocycles. The van der Waals surface area contributed by atoms with Gasteiger partial charge < -0.3 is 0 Å². The molecule has 1 aliphatic carbocycles. The van der Waals surface area contributed by atoms with Gasteiger partial charge in [0.15, 0.2) is 0 Å². The van der Waals surface area contributed by atoms with E-state index in [0.717, 1.165) is 23.9 Å². The van der Waals surface area contributed by atoms with Gasteiger partial charge >= 0.3 is 0 Å². The molecule has 2 bridgehead atoms. The molecule has 0 N–H and O–H groups in total. The fourth-order valence-corrected chi connectivity index (χ4v) is 4.52. The number of hydrogen-bond acceptors (Lipinski definition) is 1. The molecule has 0 aromatic carbocycles. The van der Waals surface area contributed by atoms with E-state index in [0.29, 0.717) is 0 Å². The third-order valence-electron chi connectivity index (χ3n) is 5.32. The molecule has 3 saturated heterocycles. The summed E-state index contributed by atoms with van der Waals surface area (Å²) in [4.78, 5) is 2.90. The lowest BCUT2D eigenvalue weighted by Crippen LogP contribution is -2.54. The van der Waals surface area contributed by atoms with Gasteiger partial charge in [0.1, 0.15) is 0 Å². The molecule has 4 aliphatic rings. The standard InChI is InChI=1S/C15H27N/c1-2-5-12-8-13-10-15(11-13)16-7-4-3-6-14(16)9-12/h12-15H,2-11H2,1H3. The molecule has 0 radical (unpaired) electrons. The Hall–Kier alpha value is -0.0400. The summed E-state index contributed by atoms with van der Waals surface area (Å²) in [5, 5.41) is 0. The molecule has 0 aromatic heterocycles. The number of rotatable bonds is 2. The van der Waals surface area contributed by atoms with Crippen molar-refractivity contribution in [1.29, 1.82) is 0 Å². The van der Waals surface area contributed by atoms with Crippen molar-refractivity contribution in [3.05, 3.63) is 0 Å². The summed E-state index contributed by atoms with van der Waals surface area (Å²) >= 11 is 0. The number of fused-ring (bicyclic) bond motifs is 2. The molecule has 92 valence electrons. The minimum Gasteiger partial charge on any atom is -0.297 e. The Labute approximate surface area is 101 Å². The van der Waals surface area contributed by atoms with E-state index in [4.69, 9.17) is 0 Å². The molecular weight excluding hydrogens is 194 g/mol. The maximum Gasteiger partial charge on any atom is 0.0103 e. The van der Waals surface area contributed by atoms with Gasteiger partial charge in [-0.25, -0.2) is 0 Å². The van der Waals surface area contributed by atoms with Crippen LogP contribution in [0, 0.1) is 11.8 Å². The lowest BCUT2D eigenvalue weighted by molar-refractivity contribution is -0.0207. The van der Waals surface area contributed by atoms with Crippen molar-refractivity contribution >= 4 is 0 Å². The number of hydrogen-bond donors (Lipinski definition) is 0. The van der Waals surface area contributed by atoms with Gasteiger partial charge in [-0.15, -0.1) is 0 Å². The first-order chi connectivity index (χ1) is 7.86. The summed E-state index contributed by atoms with van der Waals surface area (Å²) in [5.41, 5.74) is 0. The van der Waals surface area contributed by atoms with Crippen LogP contribution >= 0.6 is 0 Å². The maximum atomic E-state index is 2.90. The first kappa shape index (κ1) is 11.1. The summed E-state index contributed by atoms with van der Waals surface area (Å²) in [7, 11) is 0. The van der Waals surface area contributed by atoms with Gasteiger partial charge in [0, 0.05) is 12.1 Å². The minimum absolute atomic E-state index is 0.969. The van der Waals surface area contributed by atoms with Gasteiger partial charge in [0.05, 0.1) is 0 Å². The Kier molecular flexibility index (Phi) is 3.24. The Balaban J connectivity index is 1.69. The third kappa shape index (κ3) is 2.03. The van der Waals surface area contributed by atoms with Gasteiger partial charge in [0.2, 0.25) is 0 Å². The van der Waals surface area contributed by atoms with Crippen molar-refractivity contribution in [2.45, 2.75) is 76.8 Å². The van der Waals surface area contributed by atoms with Gasteiger partial charge in [-0.05, 0) is 56.9 Å². The molecule has 1 nitrogen and oxygen atoms in total. The topological polar surface area (TPSA) is 3.24 Å². The lowest BCUT2D eigenvalue weighted by Gasteiger charge is -2.52. The molecular formula is C15H27N. The molecule has 0 amide bonds. The average molecular weight is 221 g/mol. The van der Waals surface area contributed by atoms with Crippen LogP contribution in [0.25, 0.3) is 0 Å². The van der Waals surface area contributed by atoms with Crippen LogP contribution in [0.1, 0.15) is 64.7 Å². The zero-order valence-corrected chi connectivity index (χ0v) is 10.8. The second-order valence-corrected chi connectivity index (χ2v) is 6.50. The molecule has 1 saturated carbocycles. The van der Waals surface area contributed by atoms with Crippen LogP contribution in [0.2, 0.25) is 0 Å². The predicted molar refractivity (Wildman–Crippen MR) is 68.5 cm³/mol. The zero-order chi connectivity index (χ0) is 11.0. The highest BCUT2D eigenvalue weighted by Crippen LogP contribution is 2.44. The molecule has 1 heteroatoms. The highest BCUT2D eigenvalue weighted by atomic mass is 15.2. The molecule has 4 fully saturated rings. The van der Waals surface area contributed by atoms with E-state index in [1.54, 1.807) is 6.42 Å². The van der Waals surface area contributed by atoms with Crippen molar-refractivity contribution in [3.63, 3.8) is 0 Å². The van der Waals surface area contributed by atoms with Gasteiger partial charge in [-0.1, -0.05) is 26.2 Å². The van der Waals surface area contributed by atoms with Crippen LogP contribution in [0.15, 0.2) is 0 Å². The smallest absolute Gasteiger partial charge is 0.0103 e. The maximum absolute atomic E-state index is 2.90. The quantitative estimate of drug-likeness (QED) is 0.685. The lowest BCUT2D eigenvalue weighted by atomic mass is 9.69. The normalized spacial score (nSPS) is 44.1. The average Bonchev–Trinajstić information content (AvgIpc) is 2.20. The van der Waals surface area contributed by atoms with Gasteiger partial charge in [0.25, 0.3) is 0 Å². The summed E-state index contributed by atoms with van der Waals surface area (Å²) in [6.45, 7) is 3.78. The number of piperidine rings is 1. The van der Waals surface area contributed by atoms with E-state index >= 15 is 0 Å². The highest BCUT2D eigenvalue weighted by Gasteiger charge is 2.41. The largest absolute Gasteiger partial charge is 0.297 e. The SMILES string of the molecule is CCCC1CC2CC(C2)N2CCCCC2C1. The summed E-state index contributed by atoms with van der Waals surface area (Å²) < 4.78 is 0. The van der Waals surface area contributed by atoms with Crippen LogP contribution in [-0.2, 0) is 0 Å². The van der Waals surface area contributed by atoms with E-state index in [-0.39, 0.29) is 0 Å². The van der Waals surface area contributed by atoms with Gasteiger partial charge in [-0.2, -0.15) is 0 Å². The summed E-state index contributed by atoms with van der Waals surface area (Å²) in [5.74, 6) is 2.16. The molecule has 0 spiro atoms. The van der Waals surface area contributed by atoms with Crippen LogP contribution in [-0.4, -0.2) is 23.5 Å².